The van der Waals surface area contributed by atoms with Gasteiger partial charge in [-0.2, -0.15) is 0 Å². The smallest absolute Gasteiger partial charge is 0.269 e. The van der Waals surface area contributed by atoms with Gasteiger partial charge >= 0.3 is 0 Å². The standard InChI is InChI=1S/C23H19N3O3S/c27-23-21-20(18-8-7-16-3-1-2-4-17(16)11-18)13-30-22(21)24-14-25(23)12-15-5-9-19(10-6-15)26(28)29/h5-11,13-14H,1-4,12H2. The van der Waals surface area contributed by atoms with Crippen LogP contribution in [0, 0.1) is 10.1 Å². The van der Waals surface area contributed by atoms with Crippen molar-refractivity contribution in [3.8, 4) is 11.1 Å². The number of non-ortho nitro benzene ring substituents is 1. The minimum absolute atomic E-state index is 0.0344. The van der Waals surface area contributed by atoms with Gasteiger partial charge in [-0.1, -0.05) is 30.3 Å². The summed E-state index contributed by atoms with van der Waals surface area (Å²) in [5.74, 6) is 0. The molecule has 4 aromatic rings. The number of rotatable bonds is 4. The number of thiophene rings is 1. The van der Waals surface area contributed by atoms with Crippen molar-refractivity contribution in [1.82, 2.24) is 9.55 Å². The fraction of sp³-hybridized carbons (Fsp3) is 0.217. The number of nitro groups is 1. The van der Waals surface area contributed by atoms with Crippen molar-refractivity contribution in [3.05, 3.63) is 91.3 Å². The molecule has 0 bridgehead atoms. The second-order valence-electron chi connectivity index (χ2n) is 7.62. The van der Waals surface area contributed by atoms with Crippen LogP contribution >= 0.6 is 11.3 Å². The number of benzene rings is 2. The first-order valence-electron chi connectivity index (χ1n) is 9.92. The van der Waals surface area contributed by atoms with Gasteiger partial charge in [0.05, 0.1) is 23.2 Å². The quantitative estimate of drug-likeness (QED) is 0.347. The van der Waals surface area contributed by atoms with E-state index in [1.54, 1.807) is 23.0 Å². The third kappa shape index (κ3) is 3.31. The average molecular weight is 417 g/mol. The Bertz CT molecular complexity index is 1320. The molecule has 2 heterocycles. The van der Waals surface area contributed by atoms with Crippen LogP contribution in [0.2, 0.25) is 0 Å². The van der Waals surface area contributed by atoms with Gasteiger partial charge in [-0.25, -0.2) is 4.98 Å². The first-order valence-corrected chi connectivity index (χ1v) is 10.8. The second-order valence-corrected chi connectivity index (χ2v) is 8.48. The number of aryl methyl sites for hydroxylation is 2. The molecule has 150 valence electrons. The van der Waals surface area contributed by atoms with Crippen LogP contribution in [0.25, 0.3) is 21.3 Å². The lowest BCUT2D eigenvalue weighted by molar-refractivity contribution is -0.384. The van der Waals surface area contributed by atoms with Crippen LogP contribution in [0.4, 0.5) is 5.69 Å². The van der Waals surface area contributed by atoms with Gasteiger partial charge in [0, 0.05) is 23.1 Å². The van der Waals surface area contributed by atoms with Gasteiger partial charge < -0.3 is 0 Å². The second kappa shape index (κ2) is 7.50. The molecule has 30 heavy (non-hydrogen) atoms. The van der Waals surface area contributed by atoms with Gasteiger partial charge in [0.25, 0.3) is 11.2 Å². The average Bonchev–Trinajstić information content (AvgIpc) is 3.21. The van der Waals surface area contributed by atoms with E-state index in [1.165, 1.54) is 47.4 Å². The van der Waals surface area contributed by atoms with Crippen molar-refractivity contribution in [3.63, 3.8) is 0 Å². The molecule has 0 saturated heterocycles. The molecule has 7 heteroatoms. The Morgan fingerprint density at radius 1 is 1.07 bits per heavy atom. The van der Waals surface area contributed by atoms with Crippen molar-refractivity contribution in [2.75, 3.05) is 0 Å². The molecule has 0 amide bonds. The summed E-state index contributed by atoms with van der Waals surface area (Å²) < 4.78 is 1.57. The molecule has 0 unspecified atom stereocenters. The molecule has 1 aliphatic rings. The summed E-state index contributed by atoms with van der Waals surface area (Å²) >= 11 is 1.48. The molecule has 2 aromatic carbocycles. The fourth-order valence-electron chi connectivity index (χ4n) is 4.11. The van der Waals surface area contributed by atoms with Crippen LogP contribution in [-0.2, 0) is 19.4 Å². The van der Waals surface area contributed by atoms with Crippen molar-refractivity contribution in [2.45, 2.75) is 32.2 Å². The van der Waals surface area contributed by atoms with E-state index in [1.807, 2.05) is 5.38 Å². The maximum absolute atomic E-state index is 13.3. The minimum Gasteiger partial charge on any atom is -0.294 e. The van der Waals surface area contributed by atoms with Crippen LogP contribution < -0.4 is 5.56 Å². The molecular formula is C23H19N3O3S. The zero-order valence-electron chi connectivity index (χ0n) is 16.2. The normalized spacial score (nSPS) is 13.3. The summed E-state index contributed by atoms with van der Waals surface area (Å²) in [6.45, 7) is 0.319. The highest BCUT2D eigenvalue weighted by Gasteiger charge is 2.16. The van der Waals surface area contributed by atoms with E-state index in [0.29, 0.717) is 11.9 Å². The molecular weight excluding hydrogens is 398 g/mol. The van der Waals surface area contributed by atoms with Crippen LogP contribution in [0.1, 0.15) is 29.5 Å². The van der Waals surface area contributed by atoms with E-state index in [4.69, 9.17) is 0 Å². The third-order valence-corrected chi connectivity index (χ3v) is 6.61. The highest BCUT2D eigenvalue weighted by Crippen LogP contribution is 2.33. The summed E-state index contributed by atoms with van der Waals surface area (Å²) in [6, 6.07) is 12.8. The number of nitro benzene ring substituents is 1. The minimum atomic E-state index is -0.431. The summed E-state index contributed by atoms with van der Waals surface area (Å²) in [6.07, 6.45) is 6.23. The first kappa shape index (κ1) is 18.7. The lowest BCUT2D eigenvalue weighted by Gasteiger charge is -2.16. The Balaban J connectivity index is 1.54. The highest BCUT2D eigenvalue weighted by molar-refractivity contribution is 7.17. The summed E-state index contributed by atoms with van der Waals surface area (Å²) in [5.41, 5.74) is 5.55. The van der Waals surface area contributed by atoms with Gasteiger partial charge in [-0.05, 0) is 47.9 Å². The van der Waals surface area contributed by atoms with Gasteiger partial charge in [0.1, 0.15) is 4.83 Å². The van der Waals surface area contributed by atoms with Crippen molar-refractivity contribution in [1.29, 1.82) is 0 Å². The fourth-order valence-corrected chi connectivity index (χ4v) is 5.02. The van der Waals surface area contributed by atoms with E-state index >= 15 is 0 Å². The molecule has 0 spiro atoms. The molecule has 0 atom stereocenters. The van der Waals surface area contributed by atoms with Crippen molar-refractivity contribution < 1.29 is 4.92 Å². The number of hydrogen-bond donors (Lipinski definition) is 0. The Labute approximate surface area is 176 Å². The van der Waals surface area contributed by atoms with Gasteiger partial charge in [0.15, 0.2) is 0 Å². The summed E-state index contributed by atoms with van der Waals surface area (Å²) in [7, 11) is 0. The third-order valence-electron chi connectivity index (χ3n) is 5.72. The van der Waals surface area contributed by atoms with Crippen molar-refractivity contribution in [2.24, 2.45) is 0 Å². The molecule has 0 saturated carbocycles. The highest BCUT2D eigenvalue weighted by atomic mass is 32.1. The number of hydrogen-bond acceptors (Lipinski definition) is 5. The molecule has 0 aliphatic heterocycles. The number of nitrogens with zero attached hydrogens (tertiary/aromatic N) is 3. The van der Waals surface area contributed by atoms with E-state index < -0.39 is 4.92 Å². The van der Waals surface area contributed by atoms with Gasteiger partial charge in [-0.3, -0.25) is 19.5 Å². The van der Waals surface area contributed by atoms with Crippen molar-refractivity contribution >= 4 is 27.2 Å². The number of fused-ring (bicyclic) bond motifs is 2. The summed E-state index contributed by atoms with van der Waals surface area (Å²) in [5, 5.41) is 13.5. The zero-order valence-corrected chi connectivity index (χ0v) is 17.0. The van der Waals surface area contributed by atoms with Gasteiger partial charge in [-0.15, -0.1) is 11.3 Å². The van der Waals surface area contributed by atoms with Crippen LogP contribution in [0.15, 0.2) is 59.0 Å². The molecule has 2 aromatic heterocycles. The Kier molecular flexibility index (Phi) is 4.67. The molecule has 1 aliphatic carbocycles. The topological polar surface area (TPSA) is 78.0 Å². The molecule has 0 fully saturated rings. The van der Waals surface area contributed by atoms with E-state index in [9.17, 15) is 14.9 Å². The van der Waals surface area contributed by atoms with E-state index in [0.717, 1.165) is 34.4 Å². The number of aromatic nitrogens is 2. The van der Waals surface area contributed by atoms with Crippen LogP contribution in [0.3, 0.4) is 0 Å². The Morgan fingerprint density at radius 2 is 1.83 bits per heavy atom. The lowest BCUT2D eigenvalue weighted by Crippen LogP contribution is -2.21. The molecule has 5 rings (SSSR count). The Hall–Kier alpha value is -3.32. The van der Waals surface area contributed by atoms with Gasteiger partial charge in [0.2, 0.25) is 0 Å². The maximum Gasteiger partial charge on any atom is 0.269 e. The predicted octanol–water partition coefficient (Wildman–Crippen LogP) is 4.96. The largest absolute Gasteiger partial charge is 0.294 e. The monoisotopic (exact) mass is 417 g/mol. The zero-order chi connectivity index (χ0) is 20.7. The molecule has 6 nitrogen and oxygen atoms in total. The lowest BCUT2D eigenvalue weighted by atomic mass is 9.89. The maximum atomic E-state index is 13.3. The summed E-state index contributed by atoms with van der Waals surface area (Å²) in [4.78, 5) is 28.9. The predicted molar refractivity (Wildman–Crippen MR) is 118 cm³/mol. The first-order chi connectivity index (χ1) is 14.6. The van der Waals surface area contributed by atoms with E-state index in [2.05, 4.69) is 23.2 Å². The Morgan fingerprint density at radius 3 is 2.60 bits per heavy atom. The van der Waals surface area contributed by atoms with Crippen LogP contribution in [-0.4, -0.2) is 14.5 Å². The van der Waals surface area contributed by atoms with Crippen LogP contribution in [0.5, 0.6) is 0 Å². The molecule has 0 N–H and O–H groups in total. The SMILES string of the molecule is O=c1c2c(-c3ccc4c(c3)CCCC4)csc2ncn1Cc1ccc([N+](=O)[O-])cc1. The van der Waals surface area contributed by atoms with E-state index in [-0.39, 0.29) is 11.2 Å². The molecule has 0 radical (unpaired) electrons.